The third-order valence-electron chi connectivity index (χ3n) is 4.67. The molecule has 3 heterocycles. The Morgan fingerprint density at radius 2 is 2.00 bits per heavy atom. The smallest absolute Gasteiger partial charge is 0.270 e. The van der Waals surface area contributed by atoms with Crippen LogP contribution in [0.1, 0.15) is 22.3 Å². The highest BCUT2D eigenvalue weighted by Crippen LogP contribution is 2.26. The maximum atomic E-state index is 13.1. The van der Waals surface area contributed by atoms with Crippen molar-refractivity contribution in [3.8, 4) is 16.3 Å². The number of thiophene rings is 1. The fourth-order valence-corrected chi connectivity index (χ4v) is 3.83. The first-order valence-electron chi connectivity index (χ1n) is 9.31. The number of furan rings is 1. The molecule has 6 nitrogen and oxygen atoms in total. The summed E-state index contributed by atoms with van der Waals surface area (Å²) in [4.78, 5) is 16.1. The summed E-state index contributed by atoms with van der Waals surface area (Å²) in [6.07, 6.45) is 1.64. The molecule has 1 amide bonds. The second kappa shape index (κ2) is 8.46. The molecule has 7 heteroatoms. The van der Waals surface area contributed by atoms with Gasteiger partial charge in [0.1, 0.15) is 17.1 Å². The average molecular weight is 407 g/mol. The van der Waals surface area contributed by atoms with E-state index in [1.54, 1.807) is 22.3 Å². The van der Waals surface area contributed by atoms with Crippen molar-refractivity contribution >= 4 is 17.2 Å². The van der Waals surface area contributed by atoms with Gasteiger partial charge >= 0.3 is 0 Å². The van der Waals surface area contributed by atoms with Crippen molar-refractivity contribution in [1.29, 1.82) is 0 Å². The highest BCUT2D eigenvalue weighted by Gasteiger charge is 2.21. The lowest BCUT2D eigenvalue weighted by Crippen LogP contribution is -2.35. The third-order valence-corrected chi connectivity index (χ3v) is 5.56. The lowest BCUT2D eigenvalue weighted by molar-refractivity contribution is 0.0931. The highest BCUT2D eigenvalue weighted by atomic mass is 32.1. The molecule has 1 unspecified atom stereocenters. The van der Waals surface area contributed by atoms with Crippen LogP contribution in [0.3, 0.4) is 0 Å². The van der Waals surface area contributed by atoms with Crippen LogP contribution in [0.25, 0.3) is 16.3 Å². The Morgan fingerprint density at radius 1 is 1.17 bits per heavy atom. The molecule has 4 rings (SSSR count). The van der Waals surface area contributed by atoms with Gasteiger partial charge in [0, 0.05) is 6.54 Å². The van der Waals surface area contributed by atoms with E-state index < -0.39 is 0 Å². The molecule has 0 saturated carbocycles. The largest absolute Gasteiger partial charge is 0.468 e. The molecule has 0 saturated heterocycles. The number of carbonyl (C=O) groups is 1. The summed E-state index contributed by atoms with van der Waals surface area (Å²) in [6, 6.07) is 19.2. The average Bonchev–Trinajstić information content (AvgIpc) is 3.49. The number of nitrogens with zero attached hydrogens (tertiary/aromatic N) is 3. The van der Waals surface area contributed by atoms with E-state index in [1.807, 2.05) is 85.0 Å². The van der Waals surface area contributed by atoms with Gasteiger partial charge in [0.25, 0.3) is 5.91 Å². The predicted octanol–water partition coefficient (Wildman–Crippen LogP) is 4.23. The number of hydrogen-bond donors (Lipinski definition) is 1. The van der Waals surface area contributed by atoms with E-state index in [2.05, 4.69) is 5.32 Å². The summed E-state index contributed by atoms with van der Waals surface area (Å²) in [5.74, 6) is 0.633. The van der Waals surface area contributed by atoms with Gasteiger partial charge in [-0.2, -0.15) is 5.10 Å². The number of likely N-dealkylation sites (N-methyl/N-ethyl adjacent to an activating group) is 1. The van der Waals surface area contributed by atoms with E-state index in [1.165, 1.54) is 0 Å². The normalized spacial score (nSPS) is 12.2. The Kier molecular flexibility index (Phi) is 5.59. The standard InChI is InChI=1S/C22H22N4O2S/c1-25(2)19(20-10-6-12-28-20)15-23-22(27)18-14-17(21-11-7-13-29-21)24-26(18)16-8-4-3-5-9-16/h3-14,19H,15H2,1-2H3,(H,23,27). The second-order valence-electron chi connectivity index (χ2n) is 6.84. The molecule has 0 aliphatic carbocycles. The van der Waals surface area contributed by atoms with Crippen LogP contribution in [0.15, 0.2) is 76.7 Å². The zero-order valence-corrected chi connectivity index (χ0v) is 17.1. The summed E-state index contributed by atoms with van der Waals surface area (Å²) < 4.78 is 7.23. The molecule has 4 aromatic rings. The molecule has 3 aromatic heterocycles. The third kappa shape index (κ3) is 4.16. The maximum absolute atomic E-state index is 13.1. The topological polar surface area (TPSA) is 63.3 Å². The number of aromatic nitrogens is 2. The lowest BCUT2D eigenvalue weighted by atomic mass is 10.2. The molecule has 1 aromatic carbocycles. The first-order chi connectivity index (χ1) is 14.1. The minimum Gasteiger partial charge on any atom is -0.468 e. The fourth-order valence-electron chi connectivity index (χ4n) is 3.15. The molecule has 0 aliphatic heterocycles. The Bertz CT molecular complexity index is 1050. The monoisotopic (exact) mass is 406 g/mol. The summed E-state index contributed by atoms with van der Waals surface area (Å²) in [6.45, 7) is 0.424. The summed E-state index contributed by atoms with van der Waals surface area (Å²) in [7, 11) is 3.92. The maximum Gasteiger partial charge on any atom is 0.270 e. The van der Waals surface area contributed by atoms with Crippen LogP contribution in [0.4, 0.5) is 0 Å². The van der Waals surface area contributed by atoms with Crippen LogP contribution < -0.4 is 5.32 Å². The number of para-hydroxylation sites is 1. The van der Waals surface area contributed by atoms with E-state index in [0.717, 1.165) is 22.0 Å². The van der Waals surface area contributed by atoms with Crippen molar-refractivity contribution in [2.24, 2.45) is 0 Å². The second-order valence-corrected chi connectivity index (χ2v) is 7.79. The molecular weight excluding hydrogens is 384 g/mol. The van der Waals surface area contributed by atoms with Gasteiger partial charge < -0.3 is 9.73 Å². The Labute approximate surface area is 173 Å². The van der Waals surface area contributed by atoms with Crippen LogP contribution >= 0.6 is 11.3 Å². The van der Waals surface area contributed by atoms with Crippen molar-refractivity contribution in [2.75, 3.05) is 20.6 Å². The van der Waals surface area contributed by atoms with Gasteiger partial charge in [-0.25, -0.2) is 4.68 Å². The van der Waals surface area contributed by atoms with Crippen molar-refractivity contribution < 1.29 is 9.21 Å². The van der Waals surface area contributed by atoms with Gasteiger partial charge in [-0.3, -0.25) is 9.69 Å². The number of benzene rings is 1. The van der Waals surface area contributed by atoms with Crippen molar-refractivity contribution in [3.05, 3.63) is 83.8 Å². The van der Waals surface area contributed by atoms with Gasteiger partial charge in [0.2, 0.25) is 0 Å². The number of rotatable bonds is 7. The zero-order chi connectivity index (χ0) is 20.2. The molecule has 0 radical (unpaired) electrons. The van der Waals surface area contributed by atoms with Gasteiger partial charge in [0.05, 0.1) is 22.9 Å². The fraction of sp³-hybridized carbons (Fsp3) is 0.182. The zero-order valence-electron chi connectivity index (χ0n) is 16.3. The number of amides is 1. The van der Waals surface area contributed by atoms with Gasteiger partial charge in [-0.05, 0) is 55.9 Å². The van der Waals surface area contributed by atoms with Crippen LogP contribution in [-0.2, 0) is 0 Å². The Hall–Kier alpha value is -3.16. The Morgan fingerprint density at radius 3 is 2.66 bits per heavy atom. The molecule has 0 fully saturated rings. The minimum absolute atomic E-state index is 0.0567. The van der Waals surface area contributed by atoms with Crippen molar-refractivity contribution in [1.82, 2.24) is 20.0 Å². The van der Waals surface area contributed by atoms with E-state index in [9.17, 15) is 4.79 Å². The van der Waals surface area contributed by atoms with Crippen LogP contribution in [0.5, 0.6) is 0 Å². The minimum atomic E-state index is -0.178. The molecule has 1 N–H and O–H groups in total. The molecular formula is C22H22N4O2S. The number of hydrogen-bond acceptors (Lipinski definition) is 5. The van der Waals surface area contributed by atoms with Crippen LogP contribution in [0.2, 0.25) is 0 Å². The Balaban J connectivity index is 1.62. The SMILES string of the molecule is CN(C)C(CNC(=O)c1cc(-c2cccs2)nn1-c1ccccc1)c1ccco1. The van der Waals surface area contributed by atoms with Gasteiger partial charge in [0.15, 0.2) is 0 Å². The van der Waals surface area contributed by atoms with Crippen LogP contribution in [0, 0.1) is 0 Å². The van der Waals surface area contributed by atoms with Gasteiger partial charge in [-0.15, -0.1) is 11.3 Å². The number of carbonyl (C=O) groups excluding carboxylic acids is 1. The molecule has 1 atom stereocenters. The quantitative estimate of drug-likeness (QED) is 0.499. The summed E-state index contributed by atoms with van der Waals surface area (Å²) in [5, 5.41) is 9.73. The van der Waals surface area contributed by atoms with Gasteiger partial charge in [-0.1, -0.05) is 24.3 Å². The first-order valence-corrected chi connectivity index (χ1v) is 10.2. The van der Waals surface area contributed by atoms with Crippen LogP contribution in [-0.4, -0.2) is 41.2 Å². The van der Waals surface area contributed by atoms with Crippen molar-refractivity contribution in [2.45, 2.75) is 6.04 Å². The van der Waals surface area contributed by atoms with E-state index in [-0.39, 0.29) is 11.9 Å². The van der Waals surface area contributed by atoms with Crippen molar-refractivity contribution in [3.63, 3.8) is 0 Å². The molecule has 0 spiro atoms. The first kappa shape index (κ1) is 19.2. The lowest BCUT2D eigenvalue weighted by Gasteiger charge is -2.22. The predicted molar refractivity (Wildman–Crippen MR) is 114 cm³/mol. The molecule has 29 heavy (non-hydrogen) atoms. The molecule has 148 valence electrons. The van der Waals surface area contributed by atoms with E-state index in [4.69, 9.17) is 9.52 Å². The highest BCUT2D eigenvalue weighted by molar-refractivity contribution is 7.13. The summed E-state index contributed by atoms with van der Waals surface area (Å²) >= 11 is 1.60. The molecule has 0 bridgehead atoms. The van der Waals surface area contributed by atoms with E-state index in [0.29, 0.717) is 12.2 Å². The summed E-state index contributed by atoms with van der Waals surface area (Å²) in [5.41, 5.74) is 2.12. The van der Waals surface area contributed by atoms with E-state index >= 15 is 0 Å². The molecule has 0 aliphatic rings. The number of nitrogens with one attached hydrogen (secondary N) is 1.